The molecule has 1 radical (unpaired) electrons. The second-order valence-electron chi connectivity index (χ2n) is 4.08. The summed E-state index contributed by atoms with van der Waals surface area (Å²) in [7, 11) is -2.65. The van der Waals surface area contributed by atoms with E-state index in [4.69, 9.17) is 17.2 Å². The van der Waals surface area contributed by atoms with Crippen molar-refractivity contribution in [3.05, 3.63) is 0 Å². The third kappa shape index (κ3) is 11.6. The molecule has 0 rings (SSSR count). The van der Waals surface area contributed by atoms with E-state index in [-0.39, 0.29) is 17.0 Å². The largest absolute Gasteiger partial charge is 0.391 e. The molecule has 0 spiro atoms. The van der Waals surface area contributed by atoms with Gasteiger partial charge in [0.15, 0.2) is 0 Å². The fourth-order valence-electron chi connectivity index (χ4n) is 1.13. The Morgan fingerprint density at radius 3 is 1.26 bits per heavy atom. The zero-order valence-corrected chi connectivity index (χ0v) is 16.4. The Morgan fingerprint density at radius 2 is 1.05 bits per heavy atom. The molecule has 0 saturated heterocycles. The van der Waals surface area contributed by atoms with Gasteiger partial charge in [-0.05, 0) is 19.3 Å². The minimum absolute atomic E-state index is 0. The van der Waals surface area contributed by atoms with Crippen LogP contribution >= 0.6 is 41.4 Å². The lowest BCUT2D eigenvalue weighted by Gasteiger charge is -2.30. The van der Waals surface area contributed by atoms with Crippen LogP contribution in [0.5, 0.6) is 0 Å². The van der Waals surface area contributed by atoms with E-state index in [1.165, 1.54) is 0 Å². The zero-order valence-electron chi connectivity index (χ0n) is 12.2. The van der Waals surface area contributed by atoms with Crippen LogP contribution in [0.4, 0.5) is 0 Å². The Kier molecular flexibility index (Phi) is 18.5. The second-order valence-corrected chi connectivity index (χ2v) is 6.75. The maximum atomic E-state index is 5.71. The molecule has 0 bridgehead atoms. The topological polar surface area (TPSA) is 36.9 Å². The standard InChI is InChI=1S/C12H27BrO4P.BrH/c1-4-7-10-14-18(17-13,15-11-8-5-2)16-12-9-6-3;/h4-12H2,1-3H3;1H. The lowest BCUT2D eigenvalue weighted by atomic mass is 10.4. The molecule has 119 valence electrons. The molecule has 0 saturated carbocycles. The molecule has 4 nitrogen and oxygen atoms in total. The molecule has 0 fully saturated rings. The van der Waals surface area contributed by atoms with Crippen LogP contribution in [0.3, 0.4) is 0 Å². The van der Waals surface area contributed by atoms with Gasteiger partial charge in [0.05, 0.1) is 19.8 Å². The van der Waals surface area contributed by atoms with E-state index in [1.807, 2.05) is 0 Å². The summed E-state index contributed by atoms with van der Waals surface area (Å²) in [5.41, 5.74) is 0. The molecular formula is C12H28Br2O4P. The van der Waals surface area contributed by atoms with Crippen molar-refractivity contribution >= 4 is 41.4 Å². The van der Waals surface area contributed by atoms with Crippen molar-refractivity contribution < 1.29 is 17.2 Å². The number of unbranched alkanes of at least 4 members (excludes halogenated alkanes) is 3. The molecular weight excluding hydrogens is 399 g/mol. The van der Waals surface area contributed by atoms with Gasteiger partial charge < -0.3 is 0 Å². The molecule has 0 aliphatic heterocycles. The predicted molar refractivity (Wildman–Crippen MR) is 89.8 cm³/mol. The van der Waals surface area contributed by atoms with Crippen molar-refractivity contribution in [1.82, 2.24) is 0 Å². The highest BCUT2D eigenvalue weighted by atomic mass is 79.9. The summed E-state index contributed by atoms with van der Waals surface area (Å²) in [5, 5.41) is 0. The summed E-state index contributed by atoms with van der Waals surface area (Å²) in [5.74, 6) is 0. The summed E-state index contributed by atoms with van der Waals surface area (Å²) < 4.78 is 22.4. The van der Waals surface area contributed by atoms with Gasteiger partial charge in [-0.1, -0.05) is 40.0 Å². The van der Waals surface area contributed by atoms with Crippen LogP contribution in [0.15, 0.2) is 0 Å². The lowest BCUT2D eigenvalue weighted by molar-refractivity contribution is 0.0924. The Labute approximate surface area is 137 Å². The molecule has 7 heteroatoms. The Hall–Kier alpha value is 1.23. The normalized spacial score (nSPS) is 11.4. The quantitative estimate of drug-likeness (QED) is 0.266. The number of hydrogen-bond acceptors (Lipinski definition) is 4. The molecule has 0 amide bonds. The summed E-state index contributed by atoms with van der Waals surface area (Å²) >= 11 is 3.00. The Bertz CT molecular complexity index is 161. The van der Waals surface area contributed by atoms with Crippen molar-refractivity contribution in [1.29, 1.82) is 0 Å². The van der Waals surface area contributed by atoms with Crippen LogP contribution in [0, 0.1) is 0 Å². The number of rotatable bonds is 13. The van der Waals surface area contributed by atoms with Crippen LogP contribution < -0.4 is 0 Å². The van der Waals surface area contributed by atoms with Gasteiger partial charge in [0.1, 0.15) is 16.3 Å². The molecule has 0 aromatic carbocycles. The predicted octanol–water partition coefficient (Wildman–Crippen LogP) is 6.02. The summed E-state index contributed by atoms with van der Waals surface area (Å²) in [6.45, 7) is 8.17. The highest BCUT2D eigenvalue weighted by Crippen LogP contribution is 2.65. The van der Waals surface area contributed by atoms with Gasteiger partial charge in [-0.15, -0.1) is 17.0 Å². The molecule has 0 N–H and O–H groups in total. The maximum absolute atomic E-state index is 5.71. The zero-order chi connectivity index (χ0) is 13.7. The first-order chi connectivity index (χ1) is 8.74. The third-order valence-electron chi connectivity index (χ3n) is 2.33. The van der Waals surface area contributed by atoms with Gasteiger partial charge in [0.2, 0.25) is 0 Å². The van der Waals surface area contributed by atoms with E-state index in [1.54, 1.807) is 0 Å². The van der Waals surface area contributed by atoms with Crippen molar-refractivity contribution in [3.8, 4) is 0 Å². The van der Waals surface area contributed by atoms with Gasteiger partial charge in [0.25, 0.3) is 0 Å². The van der Waals surface area contributed by atoms with Crippen molar-refractivity contribution in [2.24, 2.45) is 0 Å². The van der Waals surface area contributed by atoms with Gasteiger partial charge >= 0.3 is 8.17 Å². The average Bonchev–Trinajstić information content (AvgIpc) is 2.39. The van der Waals surface area contributed by atoms with Gasteiger partial charge in [0, 0.05) is 0 Å². The first-order valence-electron chi connectivity index (χ1n) is 6.87. The lowest BCUT2D eigenvalue weighted by Crippen LogP contribution is -2.10. The van der Waals surface area contributed by atoms with Crippen LogP contribution in [0.2, 0.25) is 0 Å². The smallest absolute Gasteiger partial charge is 0.298 e. The monoisotopic (exact) mass is 425 g/mol. The SMILES string of the molecule is Br.CCCCO[P](OBr)(OCCCC)OCCCC. The van der Waals surface area contributed by atoms with E-state index in [0.29, 0.717) is 19.8 Å². The fraction of sp³-hybridized carbons (Fsp3) is 1.00. The molecule has 0 heterocycles. The van der Waals surface area contributed by atoms with Crippen molar-refractivity contribution in [2.75, 3.05) is 19.8 Å². The van der Waals surface area contributed by atoms with Crippen LogP contribution in [-0.2, 0) is 17.2 Å². The fourth-order valence-corrected chi connectivity index (χ4v) is 3.29. The molecule has 0 aliphatic carbocycles. The molecule has 0 aromatic rings. The number of hydrogen-bond donors (Lipinski definition) is 0. The molecule has 0 atom stereocenters. The number of halogens is 2. The van der Waals surface area contributed by atoms with Gasteiger partial charge in [-0.3, -0.25) is 13.6 Å². The Balaban J connectivity index is 0. The average molecular weight is 427 g/mol. The second kappa shape index (κ2) is 15.6. The highest BCUT2D eigenvalue weighted by molar-refractivity contribution is 9.06. The summed E-state index contributed by atoms with van der Waals surface area (Å²) in [6, 6.07) is 0. The van der Waals surface area contributed by atoms with E-state index in [0.717, 1.165) is 38.5 Å². The van der Waals surface area contributed by atoms with Crippen molar-refractivity contribution in [3.63, 3.8) is 0 Å². The van der Waals surface area contributed by atoms with Gasteiger partial charge in [-0.2, -0.15) is 0 Å². The van der Waals surface area contributed by atoms with E-state index in [2.05, 4.69) is 37.0 Å². The van der Waals surface area contributed by atoms with Gasteiger partial charge in [-0.25, -0.2) is 3.62 Å². The maximum Gasteiger partial charge on any atom is 0.391 e. The molecule has 0 unspecified atom stereocenters. The summed E-state index contributed by atoms with van der Waals surface area (Å²) in [6.07, 6.45) is 6.16. The first kappa shape index (κ1) is 22.5. The van der Waals surface area contributed by atoms with E-state index in [9.17, 15) is 0 Å². The van der Waals surface area contributed by atoms with Crippen LogP contribution in [0.25, 0.3) is 0 Å². The minimum atomic E-state index is -2.65. The van der Waals surface area contributed by atoms with Crippen LogP contribution in [0.1, 0.15) is 59.3 Å². The van der Waals surface area contributed by atoms with E-state index >= 15 is 0 Å². The first-order valence-corrected chi connectivity index (χ1v) is 8.98. The van der Waals surface area contributed by atoms with Crippen molar-refractivity contribution in [2.45, 2.75) is 59.3 Å². The summed E-state index contributed by atoms with van der Waals surface area (Å²) in [4.78, 5) is 0. The highest BCUT2D eigenvalue weighted by Gasteiger charge is 2.34. The minimum Gasteiger partial charge on any atom is -0.298 e. The van der Waals surface area contributed by atoms with Crippen LogP contribution in [-0.4, -0.2) is 19.8 Å². The molecule has 19 heavy (non-hydrogen) atoms. The third-order valence-corrected chi connectivity index (χ3v) is 5.06. The Morgan fingerprint density at radius 1 is 0.737 bits per heavy atom. The molecule has 0 aromatic heterocycles. The van der Waals surface area contributed by atoms with E-state index < -0.39 is 8.17 Å². The molecule has 0 aliphatic rings.